The van der Waals surface area contributed by atoms with Crippen molar-refractivity contribution in [2.75, 3.05) is 36.9 Å². The number of alkyl halides is 3. The van der Waals surface area contributed by atoms with Crippen LogP contribution < -0.4 is 20.7 Å². The molecule has 10 heteroatoms. The highest BCUT2D eigenvalue weighted by atomic mass is 19.4. The third kappa shape index (κ3) is 6.10. The third-order valence-corrected chi connectivity index (χ3v) is 3.90. The number of carbonyl (C=O) groups excluding carboxylic acids is 2. The lowest BCUT2D eigenvalue weighted by atomic mass is 10.0. The maximum Gasteiger partial charge on any atom is 0.471 e. The zero-order valence-corrected chi connectivity index (χ0v) is 14.6. The number of halogens is 3. The zero-order chi connectivity index (χ0) is 19.9. The van der Waals surface area contributed by atoms with Gasteiger partial charge in [-0.1, -0.05) is 0 Å². The summed E-state index contributed by atoms with van der Waals surface area (Å²) in [6.45, 7) is 1.56. The average Bonchev–Trinajstić information content (AvgIpc) is 2.61. The molecule has 7 nitrogen and oxygen atoms in total. The first-order valence-corrected chi connectivity index (χ1v) is 8.61. The molecule has 2 rings (SSSR count). The standard InChI is InChI=1S/C17H22F3N3O4/c18-17(19,20)16(26)23-13-5-4-12-11(3-6-14(25)22-12)15(13)27-10-2-8-21-7-1-9-24/h4-5,21,24H,1-3,6-10H2,(H,22,25)(H,23,26). The number of hydrogen-bond donors (Lipinski definition) is 4. The molecule has 150 valence electrons. The summed E-state index contributed by atoms with van der Waals surface area (Å²) >= 11 is 0. The minimum Gasteiger partial charge on any atom is -0.491 e. The number of anilines is 2. The first-order valence-electron chi connectivity index (χ1n) is 8.61. The van der Waals surface area contributed by atoms with Crippen LogP contribution in [-0.4, -0.2) is 49.4 Å². The molecule has 0 saturated carbocycles. The molecule has 1 heterocycles. The lowest BCUT2D eigenvalue weighted by Gasteiger charge is -2.23. The molecule has 0 atom stereocenters. The molecule has 0 spiro atoms. The second kappa shape index (κ2) is 9.56. The number of aliphatic hydroxyl groups excluding tert-OH is 1. The average molecular weight is 389 g/mol. The number of fused-ring (bicyclic) bond motifs is 1. The van der Waals surface area contributed by atoms with Crippen LogP contribution in [0.4, 0.5) is 24.5 Å². The number of rotatable bonds is 9. The number of aliphatic hydroxyl groups is 1. The van der Waals surface area contributed by atoms with Crippen molar-refractivity contribution >= 4 is 23.2 Å². The zero-order valence-electron chi connectivity index (χ0n) is 14.6. The summed E-state index contributed by atoms with van der Waals surface area (Å²) in [6, 6.07) is 2.73. The van der Waals surface area contributed by atoms with Gasteiger partial charge in [0, 0.05) is 24.3 Å². The van der Waals surface area contributed by atoms with Crippen LogP contribution in [0.5, 0.6) is 5.75 Å². The number of nitrogens with one attached hydrogen (secondary N) is 3. The monoisotopic (exact) mass is 389 g/mol. The lowest BCUT2D eigenvalue weighted by Crippen LogP contribution is -2.30. The van der Waals surface area contributed by atoms with Crippen molar-refractivity contribution < 1.29 is 32.6 Å². The Morgan fingerprint density at radius 2 is 1.96 bits per heavy atom. The summed E-state index contributed by atoms with van der Waals surface area (Å²) in [5.74, 6) is -2.13. The molecular formula is C17H22F3N3O4. The van der Waals surface area contributed by atoms with Crippen LogP contribution in [0.25, 0.3) is 0 Å². The number of benzene rings is 1. The third-order valence-electron chi connectivity index (χ3n) is 3.90. The van der Waals surface area contributed by atoms with E-state index in [-0.39, 0.29) is 37.0 Å². The van der Waals surface area contributed by atoms with Gasteiger partial charge in [0.1, 0.15) is 5.75 Å². The van der Waals surface area contributed by atoms with Gasteiger partial charge in [0.25, 0.3) is 0 Å². The van der Waals surface area contributed by atoms with E-state index < -0.39 is 12.1 Å². The Labute approximate surface area is 154 Å². The molecule has 0 fully saturated rings. The van der Waals surface area contributed by atoms with Gasteiger partial charge in [-0.15, -0.1) is 0 Å². The maximum absolute atomic E-state index is 12.6. The van der Waals surface area contributed by atoms with Gasteiger partial charge in [0.05, 0.1) is 12.3 Å². The Bertz CT molecular complexity index is 680. The SMILES string of the molecule is O=C1CCc2c(ccc(NC(=O)C(F)(F)F)c2OCCCNCCCO)N1. The number of hydrogen-bond acceptors (Lipinski definition) is 5. The maximum atomic E-state index is 12.6. The second-order valence-corrected chi connectivity index (χ2v) is 6.00. The van der Waals surface area contributed by atoms with Gasteiger partial charge in [-0.3, -0.25) is 9.59 Å². The predicted octanol–water partition coefficient (Wildman–Crippen LogP) is 1.81. The van der Waals surface area contributed by atoms with Crippen LogP contribution >= 0.6 is 0 Å². The first-order chi connectivity index (χ1) is 12.8. The lowest BCUT2D eigenvalue weighted by molar-refractivity contribution is -0.167. The van der Waals surface area contributed by atoms with E-state index in [1.807, 2.05) is 5.32 Å². The molecule has 1 aromatic carbocycles. The van der Waals surface area contributed by atoms with Crippen molar-refractivity contribution in [3.05, 3.63) is 17.7 Å². The van der Waals surface area contributed by atoms with Crippen LogP contribution in [0, 0.1) is 0 Å². The fourth-order valence-corrected chi connectivity index (χ4v) is 2.60. The van der Waals surface area contributed by atoms with Crippen LogP contribution in [0.2, 0.25) is 0 Å². The molecule has 0 aliphatic carbocycles. The Morgan fingerprint density at radius 3 is 2.67 bits per heavy atom. The van der Waals surface area contributed by atoms with Crippen LogP contribution in [-0.2, 0) is 16.0 Å². The van der Waals surface area contributed by atoms with E-state index >= 15 is 0 Å². The molecule has 1 aromatic rings. The van der Waals surface area contributed by atoms with Crippen LogP contribution in [0.1, 0.15) is 24.8 Å². The number of ether oxygens (including phenoxy) is 1. The minimum atomic E-state index is -5.02. The van der Waals surface area contributed by atoms with Crippen molar-refractivity contribution in [1.82, 2.24) is 5.32 Å². The van der Waals surface area contributed by atoms with Gasteiger partial charge < -0.3 is 25.8 Å². The van der Waals surface area contributed by atoms with Gasteiger partial charge in [-0.05, 0) is 44.5 Å². The highest BCUT2D eigenvalue weighted by molar-refractivity contribution is 5.99. The van der Waals surface area contributed by atoms with Gasteiger partial charge >= 0.3 is 12.1 Å². The summed E-state index contributed by atoms with van der Waals surface area (Å²) < 4.78 is 43.4. The van der Waals surface area contributed by atoms with E-state index in [0.717, 1.165) is 0 Å². The second-order valence-electron chi connectivity index (χ2n) is 6.00. The Kier molecular flexibility index (Phi) is 7.43. The van der Waals surface area contributed by atoms with E-state index in [0.29, 0.717) is 43.6 Å². The highest BCUT2D eigenvalue weighted by Gasteiger charge is 2.39. The molecule has 27 heavy (non-hydrogen) atoms. The highest BCUT2D eigenvalue weighted by Crippen LogP contribution is 2.38. The molecular weight excluding hydrogens is 367 g/mol. The molecule has 1 aliphatic rings. The molecule has 1 aliphatic heterocycles. The van der Waals surface area contributed by atoms with Gasteiger partial charge in [-0.2, -0.15) is 13.2 Å². The predicted molar refractivity (Wildman–Crippen MR) is 92.8 cm³/mol. The molecule has 4 N–H and O–H groups in total. The van der Waals surface area contributed by atoms with E-state index in [4.69, 9.17) is 9.84 Å². The summed E-state index contributed by atoms with van der Waals surface area (Å²) in [7, 11) is 0. The van der Waals surface area contributed by atoms with Crippen molar-refractivity contribution in [3.8, 4) is 5.75 Å². The Hall–Kier alpha value is -2.33. The van der Waals surface area contributed by atoms with Crippen molar-refractivity contribution in [2.45, 2.75) is 31.9 Å². The van der Waals surface area contributed by atoms with Gasteiger partial charge in [0.15, 0.2) is 0 Å². The fourth-order valence-electron chi connectivity index (χ4n) is 2.60. The molecule has 2 amide bonds. The summed E-state index contributed by atoms with van der Waals surface area (Å²) in [6.07, 6.45) is -3.32. The van der Waals surface area contributed by atoms with Gasteiger partial charge in [0.2, 0.25) is 5.91 Å². The molecule has 0 unspecified atom stereocenters. The molecule has 0 radical (unpaired) electrons. The Balaban J connectivity index is 2.09. The summed E-state index contributed by atoms with van der Waals surface area (Å²) in [5, 5.41) is 16.3. The van der Waals surface area contributed by atoms with E-state index in [1.165, 1.54) is 12.1 Å². The number of carbonyl (C=O) groups is 2. The van der Waals surface area contributed by atoms with Crippen molar-refractivity contribution in [3.63, 3.8) is 0 Å². The van der Waals surface area contributed by atoms with Gasteiger partial charge in [-0.25, -0.2) is 0 Å². The molecule has 0 bridgehead atoms. The van der Waals surface area contributed by atoms with Crippen molar-refractivity contribution in [2.24, 2.45) is 0 Å². The van der Waals surface area contributed by atoms with Crippen molar-refractivity contribution in [1.29, 1.82) is 0 Å². The Morgan fingerprint density at radius 1 is 1.22 bits per heavy atom. The fraction of sp³-hybridized carbons (Fsp3) is 0.529. The minimum absolute atomic E-state index is 0.0829. The van der Waals surface area contributed by atoms with E-state index in [1.54, 1.807) is 0 Å². The normalized spacial score (nSPS) is 13.7. The summed E-state index contributed by atoms with van der Waals surface area (Å²) in [4.78, 5) is 22.8. The van der Waals surface area contributed by atoms with E-state index in [2.05, 4.69) is 10.6 Å². The molecule has 0 saturated heterocycles. The first kappa shape index (κ1) is 21.0. The number of amides is 2. The molecule has 0 aromatic heterocycles. The quantitative estimate of drug-likeness (QED) is 0.483. The van der Waals surface area contributed by atoms with Crippen LogP contribution in [0.3, 0.4) is 0 Å². The summed E-state index contributed by atoms with van der Waals surface area (Å²) in [5.41, 5.74) is 0.940. The smallest absolute Gasteiger partial charge is 0.471 e. The largest absolute Gasteiger partial charge is 0.491 e. The van der Waals surface area contributed by atoms with Crippen LogP contribution in [0.15, 0.2) is 12.1 Å². The topological polar surface area (TPSA) is 99.7 Å². The van der Waals surface area contributed by atoms with E-state index in [9.17, 15) is 22.8 Å².